The van der Waals surface area contributed by atoms with Crippen LogP contribution in [0.1, 0.15) is 47.5 Å². The van der Waals surface area contributed by atoms with E-state index in [9.17, 15) is 4.79 Å². The second kappa shape index (κ2) is 24.0. The molecule has 1 unspecified atom stereocenters. The monoisotopic (exact) mass is 538 g/mol. The Morgan fingerprint density at radius 1 is 0.886 bits per heavy atom. The number of amides is 1. The highest BCUT2D eigenvalue weighted by Crippen LogP contribution is 2.37. The number of allylic oxidation sites excluding steroid dienone is 1. The molecular formula is C25H50N2O6S2. The van der Waals surface area contributed by atoms with Crippen LogP contribution in [-0.4, -0.2) is 95.7 Å². The molecule has 0 aromatic rings. The van der Waals surface area contributed by atoms with E-state index in [1.165, 1.54) is 0 Å². The zero-order chi connectivity index (χ0) is 26.2. The van der Waals surface area contributed by atoms with Crippen LogP contribution in [0.25, 0.3) is 0 Å². The molecule has 0 rings (SSSR count). The van der Waals surface area contributed by atoms with Crippen molar-refractivity contribution < 1.29 is 28.5 Å². The minimum Gasteiger partial charge on any atom is -0.379 e. The molecule has 0 heterocycles. The number of ether oxygens (including phenoxy) is 5. The largest absolute Gasteiger partial charge is 0.379 e. The topological polar surface area (TPSA) is 87.3 Å². The summed E-state index contributed by atoms with van der Waals surface area (Å²) in [5, 5.41) is 6.16. The Labute approximate surface area is 221 Å². The lowest BCUT2D eigenvalue weighted by atomic mass is 10.2. The fourth-order valence-electron chi connectivity index (χ4n) is 2.72. The summed E-state index contributed by atoms with van der Waals surface area (Å²) in [6.45, 7) is 16.8. The third kappa shape index (κ3) is 25.1. The molecule has 8 nitrogen and oxygen atoms in total. The fraction of sp³-hybridized carbons (Fsp3) is 0.880. The van der Waals surface area contributed by atoms with E-state index in [1.807, 2.05) is 12.3 Å². The lowest BCUT2D eigenvalue weighted by molar-refractivity contribution is -0.122. The van der Waals surface area contributed by atoms with E-state index < -0.39 is 0 Å². The van der Waals surface area contributed by atoms with Crippen molar-refractivity contribution in [3.63, 3.8) is 0 Å². The summed E-state index contributed by atoms with van der Waals surface area (Å²) in [5.41, 5.74) is 0. The smallest absolute Gasteiger partial charge is 0.222 e. The van der Waals surface area contributed by atoms with E-state index >= 15 is 0 Å². The van der Waals surface area contributed by atoms with Crippen LogP contribution in [0.2, 0.25) is 0 Å². The summed E-state index contributed by atoms with van der Waals surface area (Å²) < 4.78 is 28.4. The minimum absolute atomic E-state index is 0.00579. The third-order valence-electron chi connectivity index (χ3n) is 4.55. The van der Waals surface area contributed by atoms with Crippen LogP contribution in [0, 0.1) is 5.92 Å². The van der Waals surface area contributed by atoms with Gasteiger partial charge in [-0.15, -0.1) is 0 Å². The van der Waals surface area contributed by atoms with Gasteiger partial charge in [-0.25, -0.2) is 0 Å². The first kappa shape index (κ1) is 34.7. The Bertz CT molecular complexity index is 526. The summed E-state index contributed by atoms with van der Waals surface area (Å²) in [6.07, 6.45) is 7.22. The van der Waals surface area contributed by atoms with Crippen molar-refractivity contribution in [2.45, 2.75) is 58.4 Å². The van der Waals surface area contributed by atoms with Crippen LogP contribution >= 0.6 is 21.6 Å². The quantitative estimate of drug-likeness (QED) is 0.0778. The van der Waals surface area contributed by atoms with Gasteiger partial charge in [0, 0.05) is 32.0 Å². The third-order valence-corrected chi connectivity index (χ3v) is 6.95. The molecule has 0 saturated carbocycles. The highest BCUT2D eigenvalue weighted by molar-refractivity contribution is 8.76. The molecule has 0 radical (unpaired) electrons. The van der Waals surface area contributed by atoms with Gasteiger partial charge in [-0.2, -0.15) is 0 Å². The number of nitrogens with one attached hydrogen (secondary N) is 2. The summed E-state index contributed by atoms with van der Waals surface area (Å²) in [4.78, 5) is 11.4. The second-order valence-corrected chi connectivity index (χ2v) is 11.6. The summed E-state index contributed by atoms with van der Waals surface area (Å²) in [6, 6.07) is 0.479. The van der Waals surface area contributed by atoms with Crippen LogP contribution in [0.5, 0.6) is 0 Å². The van der Waals surface area contributed by atoms with Crippen LogP contribution in [0.15, 0.2) is 12.2 Å². The van der Waals surface area contributed by atoms with Gasteiger partial charge in [-0.05, 0) is 19.1 Å². The minimum atomic E-state index is -0.334. The molecule has 10 heteroatoms. The van der Waals surface area contributed by atoms with E-state index in [1.54, 1.807) is 21.6 Å². The number of carbonyl (C=O) groups is 1. The molecule has 0 aliphatic rings. The van der Waals surface area contributed by atoms with Crippen molar-refractivity contribution in [3.8, 4) is 0 Å². The first-order valence-corrected chi connectivity index (χ1v) is 15.2. The van der Waals surface area contributed by atoms with Crippen molar-refractivity contribution in [3.05, 3.63) is 12.2 Å². The van der Waals surface area contributed by atoms with E-state index in [0.29, 0.717) is 84.4 Å². The normalized spacial score (nSPS) is 13.7. The van der Waals surface area contributed by atoms with Gasteiger partial charge < -0.3 is 34.3 Å². The number of rotatable bonds is 25. The molecule has 2 N–H and O–H groups in total. The zero-order valence-corrected chi connectivity index (χ0v) is 24.4. The maximum absolute atomic E-state index is 11.7. The molecule has 1 amide bonds. The van der Waals surface area contributed by atoms with Gasteiger partial charge in [0.2, 0.25) is 5.91 Å². The predicted octanol–water partition coefficient (Wildman–Crippen LogP) is 3.90. The Hall–Kier alpha value is -0.330. The average molecular weight is 539 g/mol. The van der Waals surface area contributed by atoms with Crippen LogP contribution in [0.3, 0.4) is 0 Å². The predicted molar refractivity (Wildman–Crippen MR) is 148 cm³/mol. The molecule has 0 fully saturated rings. The lowest BCUT2D eigenvalue weighted by Gasteiger charge is -2.28. The molecule has 0 spiro atoms. The van der Waals surface area contributed by atoms with Crippen LogP contribution < -0.4 is 10.6 Å². The first-order valence-electron chi connectivity index (χ1n) is 12.6. The Kier molecular flexibility index (Phi) is 23.8. The Morgan fingerprint density at radius 3 is 2.11 bits per heavy atom. The number of hydrogen-bond acceptors (Lipinski definition) is 9. The van der Waals surface area contributed by atoms with Gasteiger partial charge >= 0.3 is 0 Å². The van der Waals surface area contributed by atoms with Gasteiger partial charge in [0.05, 0.1) is 59.5 Å². The summed E-state index contributed by atoms with van der Waals surface area (Å²) in [5.74, 6) is 0.485. The maximum Gasteiger partial charge on any atom is 0.222 e. The van der Waals surface area contributed by atoms with Gasteiger partial charge in [0.25, 0.3) is 0 Å². The highest BCUT2D eigenvalue weighted by atomic mass is 33.1. The maximum atomic E-state index is 11.7. The Balaban J connectivity index is 3.69. The van der Waals surface area contributed by atoms with Crippen molar-refractivity contribution in [2.24, 2.45) is 5.92 Å². The van der Waals surface area contributed by atoms with E-state index in [2.05, 4.69) is 51.3 Å². The molecule has 0 aliphatic carbocycles. The van der Waals surface area contributed by atoms with E-state index in [4.69, 9.17) is 23.7 Å². The van der Waals surface area contributed by atoms with Crippen molar-refractivity contribution in [2.75, 3.05) is 78.8 Å². The SMILES string of the molecule is CSSC(C)(CCOCCOCCNC(C)C)OCCOCCOCCC(=O)NC/C=C/C(C)C. The fourth-order valence-corrected chi connectivity index (χ4v) is 4.82. The van der Waals surface area contributed by atoms with Gasteiger partial charge in [0.15, 0.2) is 0 Å². The van der Waals surface area contributed by atoms with Crippen molar-refractivity contribution in [1.82, 2.24) is 10.6 Å². The summed E-state index contributed by atoms with van der Waals surface area (Å²) >= 11 is 0. The average Bonchev–Trinajstić information content (AvgIpc) is 2.79. The van der Waals surface area contributed by atoms with Gasteiger partial charge in [-0.3, -0.25) is 4.79 Å². The molecule has 0 saturated heterocycles. The summed E-state index contributed by atoms with van der Waals surface area (Å²) in [7, 11) is 3.38. The standard InChI is InChI=1S/C25H50N2O6S2/c1-22(2)8-7-11-27-24(28)9-13-29-16-19-32-20-21-33-25(5,35-34-6)10-14-30-17-18-31-15-12-26-23(3)4/h7-8,22-23,26H,9-21H2,1-6H3,(H,27,28)/b8-7+. The van der Waals surface area contributed by atoms with Crippen LogP contribution in [-0.2, 0) is 28.5 Å². The molecule has 1 atom stereocenters. The second-order valence-electron chi connectivity index (χ2n) is 8.77. The Morgan fingerprint density at radius 2 is 1.49 bits per heavy atom. The van der Waals surface area contributed by atoms with E-state index in [0.717, 1.165) is 13.0 Å². The molecule has 0 aromatic heterocycles. The van der Waals surface area contributed by atoms with Gasteiger partial charge in [-0.1, -0.05) is 61.4 Å². The van der Waals surface area contributed by atoms with Crippen molar-refractivity contribution in [1.29, 1.82) is 0 Å². The van der Waals surface area contributed by atoms with Gasteiger partial charge in [0.1, 0.15) is 4.93 Å². The van der Waals surface area contributed by atoms with Crippen molar-refractivity contribution >= 4 is 27.5 Å². The number of hydrogen-bond donors (Lipinski definition) is 2. The van der Waals surface area contributed by atoms with Crippen LogP contribution in [0.4, 0.5) is 0 Å². The molecule has 0 bridgehead atoms. The molecule has 35 heavy (non-hydrogen) atoms. The number of carbonyl (C=O) groups excluding carboxylic acids is 1. The molecule has 0 aromatic carbocycles. The highest BCUT2D eigenvalue weighted by Gasteiger charge is 2.25. The zero-order valence-electron chi connectivity index (χ0n) is 22.8. The molecular weight excluding hydrogens is 488 g/mol. The van der Waals surface area contributed by atoms with E-state index in [-0.39, 0.29) is 10.8 Å². The first-order chi connectivity index (χ1) is 16.8. The molecule has 208 valence electrons. The lowest BCUT2D eigenvalue weighted by Crippen LogP contribution is -2.28. The molecule has 0 aliphatic heterocycles.